The Balaban J connectivity index is 0.00000264. The Morgan fingerprint density at radius 3 is 2.57 bits per heavy atom. The lowest BCUT2D eigenvalue weighted by molar-refractivity contribution is 0.371. The number of piperazine rings is 1. The molecule has 1 aromatic rings. The van der Waals surface area contributed by atoms with E-state index in [2.05, 4.69) is 38.1 Å². The SMILES string of the molecule is CCCCCCNC(=NC)N1CCN(c2ccccn2)CC1.I. The van der Waals surface area contributed by atoms with E-state index in [1.165, 1.54) is 25.7 Å². The molecule has 0 atom stereocenters. The fraction of sp³-hybridized carbons (Fsp3) is 0.647. The molecule has 1 N–H and O–H groups in total. The van der Waals surface area contributed by atoms with Gasteiger partial charge in [0.05, 0.1) is 0 Å². The molecule has 2 rings (SSSR count). The summed E-state index contributed by atoms with van der Waals surface area (Å²) in [6, 6.07) is 6.09. The summed E-state index contributed by atoms with van der Waals surface area (Å²) in [6.07, 6.45) is 6.99. The number of rotatable bonds is 6. The van der Waals surface area contributed by atoms with Gasteiger partial charge in [-0.2, -0.15) is 0 Å². The first-order valence-electron chi connectivity index (χ1n) is 8.46. The number of pyridine rings is 1. The Hall–Kier alpha value is -1.05. The molecule has 0 radical (unpaired) electrons. The highest BCUT2D eigenvalue weighted by molar-refractivity contribution is 14.0. The third-order valence-electron chi connectivity index (χ3n) is 4.08. The first-order chi connectivity index (χ1) is 10.8. The second-order valence-corrected chi connectivity index (χ2v) is 5.70. The highest BCUT2D eigenvalue weighted by atomic mass is 127. The van der Waals surface area contributed by atoms with Crippen LogP contribution in [0.5, 0.6) is 0 Å². The molecule has 1 aliphatic heterocycles. The molecule has 1 fully saturated rings. The molecule has 1 saturated heterocycles. The van der Waals surface area contributed by atoms with Gasteiger partial charge in [-0.15, -0.1) is 24.0 Å². The highest BCUT2D eigenvalue weighted by Crippen LogP contribution is 2.12. The predicted octanol–water partition coefficient (Wildman–Crippen LogP) is 2.98. The summed E-state index contributed by atoms with van der Waals surface area (Å²) in [6.45, 7) is 7.23. The monoisotopic (exact) mass is 431 g/mol. The van der Waals surface area contributed by atoms with E-state index in [4.69, 9.17) is 0 Å². The number of nitrogens with zero attached hydrogens (tertiary/aromatic N) is 4. The molecule has 0 unspecified atom stereocenters. The molecule has 1 aliphatic rings. The maximum atomic E-state index is 4.43. The lowest BCUT2D eigenvalue weighted by Gasteiger charge is -2.37. The summed E-state index contributed by atoms with van der Waals surface area (Å²) in [7, 11) is 1.87. The van der Waals surface area contributed by atoms with Crippen LogP contribution in [0, 0.1) is 0 Å². The van der Waals surface area contributed by atoms with Crippen LogP contribution < -0.4 is 10.2 Å². The van der Waals surface area contributed by atoms with E-state index in [9.17, 15) is 0 Å². The van der Waals surface area contributed by atoms with Gasteiger partial charge in [0.1, 0.15) is 5.82 Å². The van der Waals surface area contributed by atoms with Crippen molar-refractivity contribution < 1.29 is 0 Å². The molecule has 0 bridgehead atoms. The number of aromatic nitrogens is 1. The molecular weight excluding hydrogens is 401 g/mol. The Kier molecular flexibility index (Phi) is 9.98. The van der Waals surface area contributed by atoms with E-state index < -0.39 is 0 Å². The smallest absolute Gasteiger partial charge is 0.193 e. The van der Waals surface area contributed by atoms with Crippen molar-refractivity contribution in [1.29, 1.82) is 0 Å². The molecule has 2 heterocycles. The van der Waals surface area contributed by atoms with Crippen molar-refractivity contribution in [3.63, 3.8) is 0 Å². The highest BCUT2D eigenvalue weighted by Gasteiger charge is 2.19. The maximum Gasteiger partial charge on any atom is 0.193 e. The lowest BCUT2D eigenvalue weighted by Crippen LogP contribution is -2.52. The zero-order valence-corrected chi connectivity index (χ0v) is 16.7. The Morgan fingerprint density at radius 1 is 1.17 bits per heavy atom. The van der Waals surface area contributed by atoms with E-state index in [-0.39, 0.29) is 24.0 Å². The topological polar surface area (TPSA) is 43.8 Å². The van der Waals surface area contributed by atoms with Crippen LogP contribution >= 0.6 is 24.0 Å². The van der Waals surface area contributed by atoms with E-state index in [0.717, 1.165) is 44.5 Å². The van der Waals surface area contributed by atoms with Gasteiger partial charge >= 0.3 is 0 Å². The van der Waals surface area contributed by atoms with Crippen molar-refractivity contribution in [2.75, 3.05) is 44.7 Å². The van der Waals surface area contributed by atoms with Crippen LogP contribution in [0.25, 0.3) is 0 Å². The van der Waals surface area contributed by atoms with E-state index in [0.29, 0.717) is 0 Å². The molecule has 1 aromatic heterocycles. The molecule has 5 nitrogen and oxygen atoms in total. The zero-order chi connectivity index (χ0) is 15.6. The first kappa shape index (κ1) is 20.0. The van der Waals surface area contributed by atoms with Crippen LogP contribution in [0.4, 0.5) is 5.82 Å². The predicted molar refractivity (Wildman–Crippen MR) is 109 cm³/mol. The molecule has 0 amide bonds. The standard InChI is InChI=1S/C17H29N5.HI/c1-3-4-5-7-11-20-17(18-2)22-14-12-21(13-15-22)16-9-6-8-10-19-16;/h6,8-10H,3-5,7,11-15H2,1-2H3,(H,18,20);1H. The molecule has 0 aliphatic carbocycles. The summed E-state index contributed by atoms with van der Waals surface area (Å²) < 4.78 is 0. The third kappa shape index (κ3) is 6.53. The van der Waals surface area contributed by atoms with Gasteiger partial charge in [0, 0.05) is 46.0 Å². The Bertz CT molecular complexity index is 444. The normalized spacial score (nSPS) is 15.3. The van der Waals surface area contributed by atoms with Crippen molar-refractivity contribution >= 4 is 35.8 Å². The van der Waals surface area contributed by atoms with Crippen LogP contribution in [0.15, 0.2) is 29.4 Å². The Labute approximate surface area is 157 Å². The number of anilines is 1. The van der Waals surface area contributed by atoms with E-state index >= 15 is 0 Å². The molecule has 0 spiro atoms. The van der Waals surface area contributed by atoms with Gasteiger partial charge < -0.3 is 15.1 Å². The number of aliphatic imine (C=N–C) groups is 1. The van der Waals surface area contributed by atoms with E-state index in [1.807, 2.05) is 25.4 Å². The zero-order valence-electron chi connectivity index (χ0n) is 14.4. The average Bonchev–Trinajstić information content (AvgIpc) is 2.59. The molecular formula is C17H30IN5. The fourth-order valence-electron chi connectivity index (χ4n) is 2.77. The molecule has 0 saturated carbocycles. The van der Waals surface area contributed by atoms with E-state index in [1.54, 1.807) is 0 Å². The number of hydrogen-bond acceptors (Lipinski definition) is 3. The summed E-state index contributed by atoms with van der Waals surface area (Å²) in [5, 5.41) is 3.49. The summed E-state index contributed by atoms with van der Waals surface area (Å²) in [5.41, 5.74) is 0. The van der Waals surface area contributed by atoms with Crippen LogP contribution in [0.1, 0.15) is 32.6 Å². The van der Waals surface area contributed by atoms with Gasteiger partial charge in [-0.1, -0.05) is 32.3 Å². The van der Waals surface area contributed by atoms with Gasteiger partial charge in [-0.3, -0.25) is 4.99 Å². The number of nitrogens with one attached hydrogen (secondary N) is 1. The number of halogens is 1. The fourth-order valence-corrected chi connectivity index (χ4v) is 2.77. The maximum absolute atomic E-state index is 4.43. The minimum Gasteiger partial charge on any atom is -0.356 e. The van der Waals surface area contributed by atoms with Crippen LogP contribution in [0.3, 0.4) is 0 Å². The second kappa shape index (κ2) is 11.5. The van der Waals surface area contributed by atoms with Gasteiger partial charge in [0.25, 0.3) is 0 Å². The van der Waals surface area contributed by atoms with Crippen molar-refractivity contribution in [3.05, 3.63) is 24.4 Å². The molecule has 6 heteroatoms. The lowest BCUT2D eigenvalue weighted by atomic mass is 10.2. The van der Waals surface area contributed by atoms with Gasteiger partial charge in [0.15, 0.2) is 5.96 Å². The molecule has 23 heavy (non-hydrogen) atoms. The van der Waals surface area contributed by atoms with Crippen molar-refractivity contribution in [3.8, 4) is 0 Å². The summed E-state index contributed by atoms with van der Waals surface area (Å²) in [4.78, 5) is 13.5. The Morgan fingerprint density at radius 2 is 1.96 bits per heavy atom. The molecule has 0 aromatic carbocycles. The second-order valence-electron chi connectivity index (χ2n) is 5.70. The van der Waals surface area contributed by atoms with Crippen molar-refractivity contribution in [2.45, 2.75) is 32.6 Å². The van der Waals surface area contributed by atoms with Crippen LogP contribution in [-0.4, -0.2) is 55.6 Å². The van der Waals surface area contributed by atoms with Crippen LogP contribution in [0.2, 0.25) is 0 Å². The first-order valence-corrected chi connectivity index (χ1v) is 8.46. The number of guanidine groups is 1. The van der Waals surface area contributed by atoms with Crippen LogP contribution in [-0.2, 0) is 0 Å². The average molecular weight is 431 g/mol. The van der Waals surface area contributed by atoms with Gasteiger partial charge in [0.2, 0.25) is 0 Å². The van der Waals surface area contributed by atoms with Crippen molar-refractivity contribution in [2.24, 2.45) is 4.99 Å². The number of unbranched alkanes of at least 4 members (excludes halogenated alkanes) is 3. The number of hydrogen-bond donors (Lipinski definition) is 1. The largest absolute Gasteiger partial charge is 0.356 e. The third-order valence-corrected chi connectivity index (χ3v) is 4.08. The quantitative estimate of drug-likeness (QED) is 0.326. The minimum absolute atomic E-state index is 0. The van der Waals surface area contributed by atoms with Gasteiger partial charge in [-0.25, -0.2) is 4.98 Å². The minimum atomic E-state index is 0. The van der Waals surface area contributed by atoms with Crippen molar-refractivity contribution in [1.82, 2.24) is 15.2 Å². The summed E-state index contributed by atoms with van der Waals surface area (Å²) >= 11 is 0. The van der Waals surface area contributed by atoms with Gasteiger partial charge in [-0.05, 0) is 18.6 Å². The summed E-state index contributed by atoms with van der Waals surface area (Å²) in [5.74, 6) is 2.11. The molecule has 130 valence electrons.